The maximum absolute atomic E-state index is 9.94. The van der Waals surface area contributed by atoms with Gasteiger partial charge in [0.15, 0.2) is 5.65 Å². The first-order chi connectivity index (χ1) is 15.5. The van der Waals surface area contributed by atoms with Gasteiger partial charge >= 0.3 is 0 Å². The summed E-state index contributed by atoms with van der Waals surface area (Å²) in [5.74, 6) is 1.56. The minimum Gasteiger partial charge on any atom is -0.390 e. The van der Waals surface area contributed by atoms with Crippen LogP contribution in [0.25, 0.3) is 27.8 Å². The highest BCUT2D eigenvalue weighted by Gasteiger charge is 2.38. The van der Waals surface area contributed by atoms with E-state index in [4.69, 9.17) is 9.72 Å². The fraction of sp³-hybridized carbons (Fsp3) is 0.478. The molecule has 0 spiro atoms. The molecule has 4 aromatic heterocycles. The zero-order chi connectivity index (χ0) is 21.9. The van der Waals surface area contributed by atoms with Crippen molar-refractivity contribution in [2.45, 2.75) is 57.2 Å². The lowest BCUT2D eigenvalue weighted by Gasteiger charge is -2.41. The molecule has 1 saturated heterocycles. The van der Waals surface area contributed by atoms with Crippen molar-refractivity contribution in [1.82, 2.24) is 29.1 Å². The third-order valence-electron chi connectivity index (χ3n) is 6.71. The first-order valence-corrected chi connectivity index (χ1v) is 11.2. The number of rotatable bonds is 4. The van der Waals surface area contributed by atoms with E-state index >= 15 is 0 Å². The molecule has 6 rings (SSSR count). The molecule has 4 aromatic rings. The number of ether oxygens (including phenoxy) is 1. The summed E-state index contributed by atoms with van der Waals surface area (Å²) in [5, 5.41) is 17.9. The summed E-state index contributed by atoms with van der Waals surface area (Å²) in [6.07, 6.45) is 9.05. The average molecular weight is 434 g/mol. The highest BCUT2D eigenvalue weighted by molar-refractivity contribution is 5.85. The summed E-state index contributed by atoms with van der Waals surface area (Å²) in [4.78, 5) is 13.9. The summed E-state index contributed by atoms with van der Waals surface area (Å²) in [5.41, 5.74) is 4.24. The van der Waals surface area contributed by atoms with Gasteiger partial charge in [-0.1, -0.05) is 0 Å². The number of hydrogen-bond donors (Lipinski definition) is 2. The Morgan fingerprint density at radius 1 is 1.16 bits per heavy atom. The number of fused-ring (bicyclic) bond motifs is 2. The quantitative estimate of drug-likeness (QED) is 0.510. The molecular weight excluding hydrogens is 406 g/mol. The van der Waals surface area contributed by atoms with Gasteiger partial charge in [-0.3, -0.25) is 0 Å². The number of imidazole rings is 1. The topological polar surface area (TPSA) is 102 Å². The second-order valence-corrected chi connectivity index (χ2v) is 9.33. The number of nitrogens with one attached hydrogen (secondary N) is 1. The predicted molar refractivity (Wildman–Crippen MR) is 121 cm³/mol. The molecule has 166 valence electrons. The minimum atomic E-state index is -0.580. The van der Waals surface area contributed by atoms with Crippen LogP contribution in [0.5, 0.6) is 0 Å². The second kappa shape index (κ2) is 7.25. The van der Waals surface area contributed by atoms with Gasteiger partial charge in [-0.15, -0.1) is 5.10 Å². The van der Waals surface area contributed by atoms with Crippen LogP contribution in [0, 0.1) is 6.92 Å². The molecule has 0 unspecified atom stereocenters. The van der Waals surface area contributed by atoms with E-state index in [9.17, 15) is 5.11 Å². The van der Waals surface area contributed by atoms with Gasteiger partial charge in [0.2, 0.25) is 5.95 Å². The molecule has 0 bridgehead atoms. The van der Waals surface area contributed by atoms with Gasteiger partial charge in [0.25, 0.3) is 0 Å². The van der Waals surface area contributed by atoms with E-state index in [1.807, 2.05) is 36.1 Å². The van der Waals surface area contributed by atoms with Crippen LogP contribution >= 0.6 is 0 Å². The Hall–Kier alpha value is -3.04. The lowest BCUT2D eigenvalue weighted by Crippen LogP contribution is -2.48. The smallest absolute Gasteiger partial charge is 0.241 e. The summed E-state index contributed by atoms with van der Waals surface area (Å²) in [6, 6.07) is 4.82. The van der Waals surface area contributed by atoms with Crippen molar-refractivity contribution in [3.8, 4) is 11.1 Å². The van der Waals surface area contributed by atoms with E-state index in [1.165, 1.54) is 0 Å². The molecule has 9 heteroatoms. The van der Waals surface area contributed by atoms with Gasteiger partial charge in [0.1, 0.15) is 5.82 Å². The molecule has 2 fully saturated rings. The van der Waals surface area contributed by atoms with Gasteiger partial charge in [-0.05, 0) is 51.7 Å². The monoisotopic (exact) mass is 433 g/mol. The number of nitrogens with zero attached hydrogens (tertiary/aromatic N) is 6. The average Bonchev–Trinajstić information content (AvgIpc) is 3.32. The number of aryl methyl sites for hydroxylation is 1. The van der Waals surface area contributed by atoms with Crippen LogP contribution < -0.4 is 5.32 Å². The number of aliphatic hydroxyl groups is 1. The van der Waals surface area contributed by atoms with Crippen LogP contribution in [-0.2, 0) is 4.74 Å². The zero-order valence-electron chi connectivity index (χ0n) is 18.3. The summed E-state index contributed by atoms with van der Waals surface area (Å²) in [7, 11) is 0. The zero-order valence-corrected chi connectivity index (χ0v) is 18.3. The van der Waals surface area contributed by atoms with Crippen LogP contribution in [0.4, 0.5) is 5.95 Å². The Balaban J connectivity index is 1.33. The Morgan fingerprint density at radius 2 is 1.97 bits per heavy atom. The number of hydrogen-bond acceptors (Lipinski definition) is 7. The molecule has 32 heavy (non-hydrogen) atoms. The summed E-state index contributed by atoms with van der Waals surface area (Å²) >= 11 is 0. The first-order valence-electron chi connectivity index (χ1n) is 11.2. The largest absolute Gasteiger partial charge is 0.390 e. The maximum Gasteiger partial charge on any atom is 0.241 e. The fourth-order valence-corrected chi connectivity index (χ4v) is 5.14. The lowest BCUT2D eigenvalue weighted by molar-refractivity contribution is -0.0236. The molecule has 1 aliphatic heterocycles. The molecule has 2 aliphatic rings. The summed E-state index contributed by atoms with van der Waals surface area (Å²) in [6.45, 7) is 5.47. The molecule has 5 heterocycles. The minimum absolute atomic E-state index is 0.206. The van der Waals surface area contributed by atoms with E-state index in [0.29, 0.717) is 24.8 Å². The third kappa shape index (κ3) is 3.32. The molecule has 2 N–H and O–H groups in total. The van der Waals surface area contributed by atoms with E-state index in [-0.39, 0.29) is 6.04 Å². The van der Waals surface area contributed by atoms with Crippen molar-refractivity contribution >= 4 is 22.6 Å². The van der Waals surface area contributed by atoms with Crippen molar-refractivity contribution < 1.29 is 9.84 Å². The van der Waals surface area contributed by atoms with Gasteiger partial charge in [-0.2, -0.15) is 0 Å². The molecule has 0 aromatic carbocycles. The van der Waals surface area contributed by atoms with Gasteiger partial charge in [-0.25, -0.2) is 19.5 Å². The molecule has 1 aliphatic carbocycles. The first kappa shape index (κ1) is 19.6. The SMILES string of the molecule is Cc1nc2ncc(-c3ccn4nc(N[C@H]5C[C@@](C)(O)C5)ncc34)cc2n1C1CCOCC1. The second-order valence-electron chi connectivity index (χ2n) is 9.33. The van der Waals surface area contributed by atoms with Crippen molar-refractivity contribution in [2.75, 3.05) is 18.5 Å². The Bertz CT molecular complexity index is 1290. The molecule has 0 atom stereocenters. The van der Waals surface area contributed by atoms with Gasteiger partial charge in [0, 0.05) is 48.8 Å². The number of pyridine rings is 1. The van der Waals surface area contributed by atoms with E-state index in [2.05, 4.69) is 37.9 Å². The Labute approximate surface area is 185 Å². The Kier molecular flexibility index (Phi) is 4.44. The van der Waals surface area contributed by atoms with Crippen LogP contribution in [0.2, 0.25) is 0 Å². The maximum atomic E-state index is 9.94. The standard InChI is InChI=1S/C23H27N7O2/c1-14-26-21-19(30(14)17-4-7-32-8-5-17)9-15(12-24-21)18-3-6-29-20(18)13-25-22(28-29)27-16-10-23(2,31)11-16/h3,6,9,12-13,16-17,31H,4-5,7-8,10-11H2,1-2H3,(H,27,28)/t16-,23+. The van der Waals surface area contributed by atoms with Crippen molar-refractivity contribution in [2.24, 2.45) is 0 Å². The Morgan fingerprint density at radius 3 is 2.75 bits per heavy atom. The molecule has 0 amide bonds. The highest BCUT2D eigenvalue weighted by Crippen LogP contribution is 2.34. The molecule has 0 radical (unpaired) electrons. The van der Waals surface area contributed by atoms with Gasteiger partial charge in [0.05, 0.1) is 22.8 Å². The fourth-order valence-electron chi connectivity index (χ4n) is 5.14. The lowest BCUT2D eigenvalue weighted by atomic mass is 9.77. The third-order valence-corrected chi connectivity index (χ3v) is 6.71. The van der Waals surface area contributed by atoms with E-state index in [0.717, 1.165) is 59.7 Å². The van der Waals surface area contributed by atoms with Gasteiger partial charge < -0.3 is 19.7 Å². The highest BCUT2D eigenvalue weighted by atomic mass is 16.5. The van der Waals surface area contributed by atoms with Crippen LogP contribution in [0.1, 0.15) is 44.5 Å². The van der Waals surface area contributed by atoms with Crippen LogP contribution in [0.3, 0.4) is 0 Å². The van der Waals surface area contributed by atoms with Crippen molar-refractivity contribution in [1.29, 1.82) is 0 Å². The number of aromatic nitrogens is 6. The summed E-state index contributed by atoms with van der Waals surface area (Å²) < 4.78 is 9.71. The normalized spacial score (nSPS) is 24.2. The molecular formula is C23H27N7O2. The van der Waals surface area contributed by atoms with Crippen LogP contribution in [-0.4, -0.2) is 59.1 Å². The molecule has 1 saturated carbocycles. The number of anilines is 1. The van der Waals surface area contributed by atoms with Crippen molar-refractivity contribution in [3.05, 3.63) is 36.5 Å². The van der Waals surface area contributed by atoms with E-state index < -0.39 is 5.60 Å². The predicted octanol–water partition coefficient (Wildman–Crippen LogP) is 3.13. The molecule has 9 nitrogen and oxygen atoms in total. The van der Waals surface area contributed by atoms with Crippen LogP contribution in [0.15, 0.2) is 30.7 Å². The van der Waals surface area contributed by atoms with E-state index in [1.54, 1.807) is 0 Å². The van der Waals surface area contributed by atoms with Crippen molar-refractivity contribution in [3.63, 3.8) is 0 Å².